The summed E-state index contributed by atoms with van der Waals surface area (Å²) in [6, 6.07) is 8.13. The van der Waals surface area contributed by atoms with Gasteiger partial charge in [-0.2, -0.15) is 0 Å². The van der Waals surface area contributed by atoms with Crippen LogP contribution in [-0.4, -0.2) is 38.8 Å². The molecule has 0 aliphatic rings. The molecule has 0 aliphatic carbocycles. The van der Waals surface area contributed by atoms with Crippen LogP contribution in [0.15, 0.2) is 42.9 Å². The molecule has 2 aromatic rings. The fourth-order valence-electron chi connectivity index (χ4n) is 2.23. The van der Waals surface area contributed by atoms with Crippen molar-refractivity contribution in [3.63, 3.8) is 0 Å². The van der Waals surface area contributed by atoms with Crippen LogP contribution in [0.1, 0.15) is 11.3 Å². The number of rotatable bonds is 7. The second kappa shape index (κ2) is 6.00. The van der Waals surface area contributed by atoms with Gasteiger partial charge < -0.3 is 10.1 Å². The monoisotopic (exact) mass is 287 g/mol. The molecule has 0 saturated heterocycles. The molecule has 7 nitrogen and oxygen atoms in total. The third-order valence-electron chi connectivity index (χ3n) is 3.27. The number of hydrogen-bond acceptors (Lipinski definition) is 4. The fourth-order valence-corrected chi connectivity index (χ4v) is 2.23. The van der Waals surface area contributed by atoms with E-state index in [-0.39, 0.29) is 19.2 Å². The molecule has 0 bridgehead atoms. The van der Waals surface area contributed by atoms with Gasteiger partial charge in [0.2, 0.25) is 12.8 Å². The zero-order chi connectivity index (χ0) is 15.3. The molecule has 1 aromatic heterocycles. The lowest BCUT2D eigenvalue weighted by Crippen LogP contribution is -2.52. The molecule has 0 radical (unpaired) electrons. The minimum Gasteiger partial charge on any atom is -0.479 e. The number of nitrogens with one attached hydrogen (secondary N) is 1. The van der Waals surface area contributed by atoms with Gasteiger partial charge in [0, 0.05) is 18.3 Å². The van der Waals surface area contributed by atoms with Crippen LogP contribution < -0.4 is 0 Å². The topological polar surface area (TPSA) is 103 Å². The maximum absolute atomic E-state index is 11.9. The number of aromatic amines is 1. The summed E-state index contributed by atoms with van der Waals surface area (Å²) in [6.07, 6.45) is 3.17. The number of benzene rings is 1. The van der Waals surface area contributed by atoms with Gasteiger partial charge in [-0.05, 0) is 5.56 Å². The van der Waals surface area contributed by atoms with Gasteiger partial charge in [-0.3, -0.25) is 14.5 Å². The zero-order valence-electron chi connectivity index (χ0n) is 11.0. The molecule has 2 rings (SSSR count). The minimum atomic E-state index is -1.82. The lowest BCUT2D eigenvalue weighted by atomic mass is 9.84. The molecule has 2 N–H and O–H groups in total. The van der Waals surface area contributed by atoms with Crippen molar-refractivity contribution in [3.05, 3.63) is 54.1 Å². The average molecular weight is 287 g/mol. The normalized spacial score (nSPS) is 13.1. The second-order valence-corrected chi connectivity index (χ2v) is 4.40. The van der Waals surface area contributed by atoms with Gasteiger partial charge in [-0.1, -0.05) is 30.3 Å². The Labute approximate surface area is 120 Å². The minimum absolute atomic E-state index is 0.107. The largest absolute Gasteiger partial charge is 0.479 e. The number of carboxylic acid groups (broad SMARTS) is 1. The Kier molecular flexibility index (Phi) is 4.13. The first kappa shape index (κ1) is 14.4. The Morgan fingerprint density at radius 1 is 1.29 bits per heavy atom. The number of aromatic nitrogens is 2. The highest BCUT2D eigenvalue weighted by molar-refractivity contribution is 5.88. The van der Waals surface area contributed by atoms with E-state index in [1.165, 1.54) is 12.5 Å². The molecule has 7 heteroatoms. The van der Waals surface area contributed by atoms with E-state index in [2.05, 4.69) is 9.97 Å². The van der Waals surface area contributed by atoms with Crippen LogP contribution >= 0.6 is 0 Å². The number of amides is 2. The SMILES string of the molecule is O=CN(C=O)[C@@](Cc1cnc[nH]1)(C(=O)O)c1ccccc1. The van der Waals surface area contributed by atoms with Gasteiger partial charge in [-0.25, -0.2) is 9.78 Å². The number of imide groups is 1. The van der Waals surface area contributed by atoms with Crippen LogP contribution in [-0.2, 0) is 26.3 Å². The van der Waals surface area contributed by atoms with E-state index in [9.17, 15) is 19.5 Å². The van der Waals surface area contributed by atoms with E-state index in [1.807, 2.05) is 0 Å². The molecule has 0 unspecified atom stereocenters. The van der Waals surface area contributed by atoms with E-state index in [1.54, 1.807) is 30.3 Å². The van der Waals surface area contributed by atoms with Crippen molar-refractivity contribution < 1.29 is 19.5 Å². The van der Waals surface area contributed by atoms with Crippen molar-refractivity contribution in [3.8, 4) is 0 Å². The number of H-pyrrole nitrogens is 1. The highest BCUT2D eigenvalue weighted by atomic mass is 16.4. The first-order valence-corrected chi connectivity index (χ1v) is 6.10. The molecule has 0 spiro atoms. The summed E-state index contributed by atoms with van der Waals surface area (Å²) < 4.78 is 0. The van der Waals surface area contributed by atoms with Crippen LogP contribution in [0, 0.1) is 0 Å². The maximum Gasteiger partial charge on any atom is 0.335 e. The quantitative estimate of drug-likeness (QED) is 0.724. The number of carbonyl (C=O) groups is 3. The van der Waals surface area contributed by atoms with Crippen LogP contribution in [0.5, 0.6) is 0 Å². The fraction of sp³-hybridized carbons (Fsp3) is 0.143. The van der Waals surface area contributed by atoms with Crippen molar-refractivity contribution in [1.82, 2.24) is 14.9 Å². The van der Waals surface area contributed by atoms with Crippen molar-refractivity contribution in [2.24, 2.45) is 0 Å². The second-order valence-electron chi connectivity index (χ2n) is 4.40. The van der Waals surface area contributed by atoms with Crippen molar-refractivity contribution in [2.45, 2.75) is 12.0 Å². The first-order valence-electron chi connectivity index (χ1n) is 6.10. The highest BCUT2D eigenvalue weighted by Gasteiger charge is 2.46. The Morgan fingerprint density at radius 3 is 2.43 bits per heavy atom. The molecule has 0 fully saturated rings. The molecule has 21 heavy (non-hydrogen) atoms. The molecule has 0 saturated carbocycles. The predicted octanol–water partition coefficient (Wildman–Crippen LogP) is 0.547. The van der Waals surface area contributed by atoms with Crippen LogP contribution in [0.3, 0.4) is 0 Å². The van der Waals surface area contributed by atoms with Gasteiger partial charge in [0.15, 0.2) is 5.54 Å². The smallest absolute Gasteiger partial charge is 0.335 e. The Hall–Kier alpha value is -2.96. The summed E-state index contributed by atoms with van der Waals surface area (Å²) in [5.41, 5.74) is -1.00. The van der Waals surface area contributed by atoms with Crippen molar-refractivity contribution >= 4 is 18.8 Å². The van der Waals surface area contributed by atoms with Gasteiger partial charge in [0.1, 0.15) is 0 Å². The molecule has 0 aliphatic heterocycles. The summed E-state index contributed by atoms with van der Waals surface area (Å²) in [5.74, 6) is -1.30. The Morgan fingerprint density at radius 2 is 1.95 bits per heavy atom. The number of carboxylic acids is 1. The highest BCUT2D eigenvalue weighted by Crippen LogP contribution is 2.31. The number of aliphatic carboxylic acids is 1. The maximum atomic E-state index is 11.9. The van der Waals surface area contributed by atoms with Gasteiger partial charge >= 0.3 is 5.97 Å². The van der Waals surface area contributed by atoms with E-state index >= 15 is 0 Å². The average Bonchev–Trinajstić information content (AvgIpc) is 3.00. The lowest BCUT2D eigenvalue weighted by Gasteiger charge is -2.34. The molecule has 108 valence electrons. The number of carbonyl (C=O) groups excluding carboxylic acids is 2. The Balaban J connectivity index is 2.62. The van der Waals surface area contributed by atoms with Gasteiger partial charge in [-0.15, -0.1) is 0 Å². The van der Waals surface area contributed by atoms with Crippen molar-refractivity contribution in [2.75, 3.05) is 0 Å². The first-order chi connectivity index (χ1) is 10.1. The Bertz CT molecular complexity index is 619. The molecule has 2 amide bonds. The standard InChI is InChI=1S/C14H13N3O4/c18-9-17(10-19)14(13(20)21,6-12-7-15-8-16-12)11-4-2-1-3-5-11/h1-5,7-10H,6H2,(H,15,16)(H,20,21)/t14-/m1/s1. The van der Waals surface area contributed by atoms with Gasteiger partial charge in [0.25, 0.3) is 0 Å². The summed E-state index contributed by atoms with van der Waals surface area (Å²) in [7, 11) is 0. The summed E-state index contributed by atoms with van der Waals surface area (Å²) in [4.78, 5) is 41.5. The zero-order valence-corrected chi connectivity index (χ0v) is 11.0. The third-order valence-corrected chi connectivity index (χ3v) is 3.27. The number of hydrogen-bond donors (Lipinski definition) is 2. The number of imidazole rings is 1. The van der Waals surface area contributed by atoms with Gasteiger partial charge in [0.05, 0.1) is 6.33 Å². The molecular weight excluding hydrogens is 274 g/mol. The molecule has 1 aromatic carbocycles. The predicted molar refractivity (Wildman–Crippen MR) is 72.0 cm³/mol. The van der Waals surface area contributed by atoms with E-state index < -0.39 is 11.5 Å². The van der Waals surface area contributed by atoms with E-state index in [0.717, 1.165) is 0 Å². The lowest BCUT2D eigenvalue weighted by molar-refractivity contribution is -0.159. The van der Waals surface area contributed by atoms with Crippen LogP contribution in [0.2, 0.25) is 0 Å². The molecule has 1 heterocycles. The van der Waals surface area contributed by atoms with Crippen molar-refractivity contribution in [1.29, 1.82) is 0 Å². The molecular formula is C14H13N3O4. The van der Waals surface area contributed by atoms with Crippen LogP contribution in [0.4, 0.5) is 0 Å². The van der Waals surface area contributed by atoms with E-state index in [4.69, 9.17) is 0 Å². The summed E-state index contributed by atoms with van der Waals surface area (Å²) in [6.45, 7) is 0. The molecule has 1 atom stereocenters. The van der Waals surface area contributed by atoms with E-state index in [0.29, 0.717) is 16.2 Å². The van der Waals surface area contributed by atoms with Crippen LogP contribution in [0.25, 0.3) is 0 Å². The summed E-state index contributed by atoms with van der Waals surface area (Å²) >= 11 is 0. The summed E-state index contributed by atoms with van der Waals surface area (Å²) in [5, 5.41) is 9.71. The third kappa shape index (κ3) is 2.53. The number of nitrogens with zero attached hydrogens (tertiary/aromatic N) is 2.